The molecule has 0 spiro atoms. The van der Waals surface area contributed by atoms with Crippen LogP contribution in [0, 0.1) is 6.92 Å². The third-order valence-electron chi connectivity index (χ3n) is 3.72. The Morgan fingerprint density at radius 2 is 2.30 bits per heavy atom. The Morgan fingerprint density at radius 3 is 3.04 bits per heavy atom. The smallest absolute Gasteiger partial charge is 0.254 e. The lowest BCUT2D eigenvalue weighted by atomic mass is 10.1. The Hall–Kier alpha value is -1.86. The van der Waals surface area contributed by atoms with E-state index in [2.05, 4.69) is 20.8 Å². The van der Waals surface area contributed by atoms with Crippen molar-refractivity contribution in [2.75, 3.05) is 13.1 Å². The van der Waals surface area contributed by atoms with Gasteiger partial charge in [0.25, 0.3) is 5.91 Å². The molecule has 1 saturated heterocycles. The lowest BCUT2D eigenvalue weighted by Gasteiger charge is -2.23. The first-order valence-electron chi connectivity index (χ1n) is 7.74. The predicted molar refractivity (Wildman–Crippen MR) is 88.4 cm³/mol. The van der Waals surface area contributed by atoms with Crippen LogP contribution in [-0.2, 0) is 5.75 Å². The molecular formula is C16H20N4O2S. The van der Waals surface area contributed by atoms with Crippen LogP contribution in [0.15, 0.2) is 33.9 Å². The van der Waals surface area contributed by atoms with Gasteiger partial charge in [0.2, 0.25) is 0 Å². The standard InChI is InChI=1S/C16H20N4O2S/c1-11-9-13(20-22-11)10-23-16-14(3-2-6-18-16)15(21)19-12-4-7-17-8-5-12/h2-3,6,9,12,17H,4-5,7-8,10H2,1H3,(H,19,21). The number of piperidine rings is 1. The topological polar surface area (TPSA) is 80.0 Å². The minimum Gasteiger partial charge on any atom is -0.361 e. The van der Waals surface area contributed by atoms with Crippen molar-refractivity contribution in [1.82, 2.24) is 20.8 Å². The van der Waals surface area contributed by atoms with Gasteiger partial charge in [-0.15, -0.1) is 0 Å². The zero-order valence-electron chi connectivity index (χ0n) is 13.0. The van der Waals surface area contributed by atoms with Crippen LogP contribution in [0.1, 0.15) is 34.7 Å². The van der Waals surface area contributed by atoms with Crippen LogP contribution < -0.4 is 10.6 Å². The molecule has 1 amide bonds. The van der Waals surface area contributed by atoms with Crippen molar-refractivity contribution in [3.05, 3.63) is 41.4 Å². The zero-order chi connectivity index (χ0) is 16.1. The van der Waals surface area contributed by atoms with Crippen molar-refractivity contribution in [1.29, 1.82) is 0 Å². The van der Waals surface area contributed by atoms with Crippen molar-refractivity contribution in [2.45, 2.75) is 36.6 Å². The van der Waals surface area contributed by atoms with Gasteiger partial charge in [-0.2, -0.15) is 0 Å². The fourth-order valence-corrected chi connectivity index (χ4v) is 3.41. The molecule has 3 rings (SSSR count). The van der Waals surface area contributed by atoms with Gasteiger partial charge in [-0.1, -0.05) is 16.9 Å². The molecule has 6 nitrogen and oxygen atoms in total. The summed E-state index contributed by atoms with van der Waals surface area (Å²) in [5.74, 6) is 1.36. The second kappa shape index (κ2) is 7.61. The first kappa shape index (κ1) is 16.0. The molecule has 0 aromatic carbocycles. The number of pyridine rings is 1. The van der Waals surface area contributed by atoms with Crippen LogP contribution in [-0.4, -0.2) is 35.2 Å². The first-order valence-corrected chi connectivity index (χ1v) is 8.72. The van der Waals surface area contributed by atoms with Gasteiger partial charge in [0.05, 0.1) is 11.3 Å². The van der Waals surface area contributed by atoms with Gasteiger partial charge in [0.15, 0.2) is 0 Å². The predicted octanol–water partition coefficient (Wildman–Crippen LogP) is 2.15. The first-order chi connectivity index (χ1) is 11.2. The summed E-state index contributed by atoms with van der Waals surface area (Å²) >= 11 is 1.50. The van der Waals surface area contributed by atoms with Gasteiger partial charge in [0.1, 0.15) is 10.8 Å². The summed E-state index contributed by atoms with van der Waals surface area (Å²) in [6, 6.07) is 5.74. The largest absolute Gasteiger partial charge is 0.361 e. The third kappa shape index (κ3) is 4.33. The van der Waals surface area contributed by atoms with E-state index in [1.165, 1.54) is 11.8 Å². The van der Waals surface area contributed by atoms with Crippen LogP contribution in [0.5, 0.6) is 0 Å². The molecule has 2 aromatic rings. The maximum absolute atomic E-state index is 12.5. The summed E-state index contributed by atoms with van der Waals surface area (Å²) in [4.78, 5) is 16.9. The Morgan fingerprint density at radius 1 is 1.48 bits per heavy atom. The van der Waals surface area contributed by atoms with Gasteiger partial charge < -0.3 is 15.2 Å². The van der Waals surface area contributed by atoms with E-state index in [9.17, 15) is 4.79 Å². The summed E-state index contributed by atoms with van der Waals surface area (Å²) in [5.41, 5.74) is 1.47. The molecule has 3 heterocycles. The molecule has 7 heteroatoms. The summed E-state index contributed by atoms with van der Waals surface area (Å²) in [5, 5.41) is 11.1. The second-order valence-electron chi connectivity index (χ2n) is 5.57. The number of rotatable bonds is 5. The highest BCUT2D eigenvalue weighted by atomic mass is 32.2. The normalized spacial score (nSPS) is 15.5. The van der Waals surface area contributed by atoms with Crippen molar-refractivity contribution >= 4 is 17.7 Å². The maximum Gasteiger partial charge on any atom is 0.254 e. The minimum atomic E-state index is -0.0520. The fourth-order valence-electron chi connectivity index (χ4n) is 2.54. The minimum absolute atomic E-state index is 0.0520. The summed E-state index contributed by atoms with van der Waals surface area (Å²) < 4.78 is 5.06. The quantitative estimate of drug-likeness (QED) is 0.817. The molecule has 1 aliphatic rings. The Kier molecular flexibility index (Phi) is 5.30. The number of thioether (sulfide) groups is 1. The summed E-state index contributed by atoms with van der Waals surface area (Å²) in [7, 11) is 0. The maximum atomic E-state index is 12.5. The van der Waals surface area contributed by atoms with Crippen LogP contribution in [0.2, 0.25) is 0 Å². The molecule has 2 aromatic heterocycles. The zero-order valence-corrected chi connectivity index (χ0v) is 13.9. The Balaban J connectivity index is 1.65. The van der Waals surface area contributed by atoms with E-state index >= 15 is 0 Å². The van der Waals surface area contributed by atoms with E-state index in [-0.39, 0.29) is 11.9 Å². The van der Waals surface area contributed by atoms with Crippen molar-refractivity contribution in [3.8, 4) is 0 Å². The monoisotopic (exact) mass is 332 g/mol. The molecule has 0 unspecified atom stereocenters. The SMILES string of the molecule is Cc1cc(CSc2ncccc2C(=O)NC2CCNCC2)no1. The van der Waals surface area contributed by atoms with E-state index < -0.39 is 0 Å². The van der Waals surface area contributed by atoms with Crippen molar-refractivity contribution < 1.29 is 9.32 Å². The van der Waals surface area contributed by atoms with Gasteiger partial charge >= 0.3 is 0 Å². The highest BCUT2D eigenvalue weighted by molar-refractivity contribution is 7.98. The molecule has 0 saturated carbocycles. The van der Waals surface area contributed by atoms with Crippen LogP contribution >= 0.6 is 11.8 Å². The molecule has 23 heavy (non-hydrogen) atoms. The van der Waals surface area contributed by atoms with Crippen LogP contribution in [0.4, 0.5) is 0 Å². The average Bonchev–Trinajstić information content (AvgIpc) is 2.99. The van der Waals surface area contributed by atoms with E-state index in [1.807, 2.05) is 19.1 Å². The number of amides is 1. The number of hydrogen-bond donors (Lipinski definition) is 2. The number of aryl methyl sites for hydroxylation is 1. The summed E-state index contributed by atoms with van der Waals surface area (Å²) in [6.07, 6.45) is 3.64. The lowest BCUT2D eigenvalue weighted by Crippen LogP contribution is -2.42. The fraction of sp³-hybridized carbons (Fsp3) is 0.438. The number of nitrogens with one attached hydrogen (secondary N) is 2. The van der Waals surface area contributed by atoms with Crippen LogP contribution in [0.25, 0.3) is 0 Å². The highest BCUT2D eigenvalue weighted by Crippen LogP contribution is 2.24. The Labute approximate surface area is 139 Å². The van der Waals surface area contributed by atoms with Gasteiger partial charge in [-0.25, -0.2) is 4.98 Å². The summed E-state index contributed by atoms with van der Waals surface area (Å²) in [6.45, 7) is 3.76. The number of aromatic nitrogens is 2. The van der Waals surface area contributed by atoms with E-state index in [1.54, 1.807) is 12.3 Å². The highest BCUT2D eigenvalue weighted by Gasteiger charge is 2.19. The molecule has 122 valence electrons. The van der Waals surface area contributed by atoms with Crippen LogP contribution in [0.3, 0.4) is 0 Å². The molecule has 1 fully saturated rings. The number of nitrogens with zero attached hydrogens (tertiary/aromatic N) is 2. The molecular weight excluding hydrogens is 312 g/mol. The molecule has 0 radical (unpaired) electrons. The van der Waals surface area contributed by atoms with E-state index in [0.717, 1.165) is 42.4 Å². The molecule has 0 bridgehead atoms. The average molecular weight is 332 g/mol. The van der Waals surface area contributed by atoms with Gasteiger partial charge in [0, 0.05) is 24.1 Å². The van der Waals surface area contributed by atoms with Gasteiger partial charge in [-0.3, -0.25) is 4.79 Å². The number of carbonyl (C=O) groups is 1. The van der Waals surface area contributed by atoms with E-state index in [4.69, 9.17) is 4.52 Å². The van der Waals surface area contributed by atoms with Gasteiger partial charge in [-0.05, 0) is 45.0 Å². The number of carbonyl (C=O) groups excluding carboxylic acids is 1. The Bertz CT molecular complexity index is 668. The molecule has 0 aliphatic carbocycles. The van der Waals surface area contributed by atoms with E-state index in [0.29, 0.717) is 11.3 Å². The molecule has 0 atom stereocenters. The third-order valence-corrected chi connectivity index (χ3v) is 4.76. The van der Waals surface area contributed by atoms with Crippen molar-refractivity contribution in [3.63, 3.8) is 0 Å². The molecule has 2 N–H and O–H groups in total. The number of hydrogen-bond acceptors (Lipinski definition) is 6. The van der Waals surface area contributed by atoms with Crippen molar-refractivity contribution in [2.24, 2.45) is 0 Å². The second-order valence-corrected chi connectivity index (χ2v) is 6.54. The molecule has 1 aliphatic heterocycles. The lowest BCUT2D eigenvalue weighted by molar-refractivity contribution is 0.0926.